The van der Waals surface area contributed by atoms with E-state index < -0.39 is 0 Å². The SMILES string of the molecule is C#CCOc1ccc(-c2[c-]cc(Br)c(=O)n2C)c(Br)c1.[Y]. The predicted molar refractivity (Wildman–Crippen MR) is 85.7 cm³/mol. The summed E-state index contributed by atoms with van der Waals surface area (Å²) in [6.07, 6.45) is 5.15. The summed E-state index contributed by atoms with van der Waals surface area (Å²) in [5.41, 5.74) is 1.43. The molecule has 1 heterocycles. The average Bonchev–Trinajstić information content (AvgIpc) is 2.44. The molecule has 2 aromatic rings. The van der Waals surface area contributed by atoms with Gasteiger partial charge in [-0.1, -0.05) is 33.1 Å². The first-order valence-electron chi connectivity index (χ1n) is 5.68. The fourth-order valence-corrected chi connectivity index (χ4v) is 2.64. The average molecular weight is 485 g/mol. The second-order valence-corrected chi connectivity index (χ2v) is 5.69. The molecular weight excluding hydrogens is 475 g/mol. The summed E-state index contributed by atoms with van der Waals surface area (Å²) in [5.74, 6) is 3.08. The molecule has 21 heavy (non-hydrogen) atoms. The molecule has 1 radical (unpaired) electrons. The van der Waals surface area contributed by atoms with Gasteiger partial charge in [-0.15, -0.1) is 28.4 Å². The fraction of sp³-hybridized carbons (Fsp3) is 0.133. The molecule has 0 aliphatic rings. The van der Waals surface area contributed by atoms with Crippen molar-refractivity contribution < 1.29 is 37.4 Å². The van der Waals surface area contributed by atoms with Crippen molar-refractivity contribution in [1.29, 1.82) is 0 Å². The van der Waals surface area contributed by atoms with Crippen LogP contribution in [-0.4, -0.2) is 11.2 Å². The van der Waals surface area contributed by atoms with Crippen molar-refractivity contribution in [2.24, 2.45) is 7.05 Å². The maximum Gasteiger partial charge on any atom is 0.208 e. The van der Waals surface area contributed by atoms with Crippen molar-refractivity contribution in [3.8, 4) is 29.4 Å². The first-order valence-corrected chi connectivity index (χ1v) is 7.26. The smallest absolute Gasteiger partial charge is 0.208 e. The van der Waals surface area contributed by atoms with Crippen molar-refractivity contribution in [3.63, 3.8) is 0 Å². The summed E-state index contributed by atoms with van der Waals surface area (Å²) >= 11 is 6.67. The Bertz CT molecular complexity index is 750. The molecule has 0 bridgehead atoms. The molecule has 1 aromatic heterocycles. The molecule has 6 heteroatoms. The van der Waals surface area contributed by atoms with Crippen LogP contribution in [-0.2, 0) is 39.8 Å². The topological polar surface area (TPSA) is 31.2 Å². The second-order valence-electron chi connectivity index (χ2n) is 3.98. The van der Waals surface area contributed by atoms with E-state index in [1.807, 2.05) is 12.1 Å². The predicted octanol–water partition coefficient (Wildman–Crippen LogP) is 3.39. The minimum Gasteiger partial charge on any atom is -0.481 e. The van der Waals surface area contributed by atoms with Gasteiger partial charge in [0.25, 0.3) is 0 Å². The van der Waals surface area contributed by atoms with E-state index in [1.54, 1.807) is 19.2 Å². The Morgan fingerprint density at radius 3 is 2.71 bits per heavy atom. The van der Waals surface area contributed by atoms with Gasteiger partial charge in [-0.25, -0.2) is 0 Å². The number of ether oxygens (including phenoxy) is 1. The fourth-order valence-electron chi connectivity index (χ4n) is 1.71. The third kappa shape index (κ3) is 4.29. The van der Waals surface area contributed by atoms with Crippen LogP contribution < -0.4 is 10.3 Å². The van der Waals surface area contributed by atoms with Gasteiger partial charge in [-0.2, -0.15) is 12.1 Å². The van der Waals surface area contributed by atoms with E-state index in [0.717, 1.165) is 10.0 Å². The van der Waals surface area contributed by atoms with Gasteiger partial charge < -0.3 is 9.30 Å². The molecule has 0 N–H and O–H groups in total. The number of benzene rings is 1. The summed E-state index contributed by atoms with van der Waals surface area (Å²) < 4.78 is 8.17. The Kier molecular flexibility index (Phi) is 7.36. The molecule has 105 valence electrons. The van der Waals surface area contributed by atoms with Crippen molar-refractivity contribution in [2.75, 3.05) is 6.61 Å². The van der Waals surface area contributed by atoms with Gasteiger partial charge in [0.2, 0.25) is 5.56 Å². The van der Waals surface area contributed by atoms with Crippen molar-refractivity contribution in [2.45, 2.75) is 0 Å². The minimum atomic E-state index is -0.113. The molecule has 0 aliphatic carbocycles. The molecule has 3 nitrogen and oxygen atoms in total. The minimum absolute atomic E-state index is 0. The number of terminal acetylenes is 1. The molecule has 0 spiro atoms. The standard InChI is InChI=1S/C15H10Br2NO2.Y/c1-3-8-20-10-4-5-11(13(17)9-10)14-7-6-12(16)15(19)18(14)2;/h1,4-6,9H,8H2,2H3;/q-1;. The number of hydrogen-bond acceptors (Lipinski definition) is 2. The number of halogens is 2. The van der Waals surface area contributed by atoms with E-state index in [1.165, 1.54) is 4.57 Å². The van der Waals surface area contributed by atoms with Crippen LogP contribution in [0.5, 0.6) is 5.75 Å². The van der Waals surface area contributed by atoms with E-state index >= 15 is 0 Å². The Hall–Kier alpha value is -0.406. The van der Waals surface area contributed by atoms with Crippen LogP contribution in [0.25, 0.3) is 11.3 Å². The molecule has 1 aromatic carbocycles. The third-order valence-corrected chi connectivity index (χ3v) is 3.92. The van der Waals surface area contributed by atoms with Crippen LogP contribution in [0, 0.1) is 18.4 Å². The van der Waals surface area contributed by atoms with Gasteiger partial charge >= 0.3 is 0 Å². The molecule has 0 saturated carbocycles. The van der Waals surface area contributed by atoms with Crippen LogP contribution >= 0.6 is 31.9 Å². The summed E-state index contributed by atoms with van der Waals surface area (Å²) in [5, 5.41) is 0. The number of pyridine rings is 1. The van der Waals surface area contributed by atoms with Crippen LogP contribution in [0.15, 0.2) is 38.0 Å². The normalized spacial score (nSPS) is 9.62. The van der Waals surface area contributed by atoms with Crippen molar-refractivity contribution in [3.05, 3.63) is 49.6 Å². The van der Waals surface area contributed by atoms with Gasteiger partial charge in [-0.05, 0) is 21.1 Å². The van der Waals surface area contributed by atoms with E-state index in [2.05, 4.69) is 43.8 Å². The number of nitrogens with zero attached hydrogens (tertiary/aromatic N) is 1. The molecule has 0 amide bonds. The Balaban J connectivity index is 0.00000220. The summed E-state index contributed by atoms with van der Waals surface area (Å²) in [7, 11) is 1.70. The Morgan fingerprint density at radius 1 is 1.38 bits per heavy atom. The quantitative estimate of drug-likeness (QED) is 0.494. The van der Waals surface area contributed by atoms with E-state index in [0.29, 0.717) is 15.9 Å². The number of hydrogen-bond donors (Lipinski definition) is 0. The molecule has 0 atom stereocenters. The van der Waals surface area contributed by atoms with Gasteiger partial charge in [-0.3, -0.25) is 4.79 Å². The molecule has 0 saturated heterocycles. The maximum absolute atomic E-state index is 11.9. The van der Waals surface area contributed by atoms with Crippen LogP contribution in [0.1, 0.15) is 0 Å². The van der Waals surface area contributed by atoms with Crippen LogP contribution in [0.2, 0.25) is 0 Å². The third-order valence-electron chi connectivity index (χ3n) is 2.70. The molecule has 0 aliphatic heterocycles. The summed E-state index contributed by atoms with van der Waals surface area (Å²) in [6, 6.07) is 10.2. The van der Waals surface area contributed by atoms with Crippen LogP contribution in [0.4, 0.5) is 0 Å². The molecule has 0 fully saturated rings. The largest absolute Gasteiger partial charge is 0.481 e. The van der Waals surface area contributed by atoms with Gasteiger partial charge in [0.15, 0.2) is 0 Å². The van der Waals surface area contributed by atoms with Crippen molar-refractivity contribution in [1.82, 2.24) is 4.57 Å². The van der Waals surface area contributed by atoms with E-state index in [-0.39, 0.29) is 44.9 Å². The van der Waals surface area contributed by atoms with Crippen molar-refractivity contribution >= 4 is 31.9 Å². The first-order chi connectivity index (χ1) is 9.54. The number of aromatic nitrogens is 1. The first kappa shape index (κ1) is 18.6. The molecular formula is C15H10Br2NO2Y-. The van der Waals surface area contributed by atoms with Gasteiger partial charge in [0, 0.05) is 39.8 Å². The number of rotatable bonds is 3. The second kappa shape index (κ2) is 8.29. The summed E-state index contributed by atoms with van der Waals surface area (Å²) in [4.78, 5) is 11.9. The molecule has 0 unspecified atom stereocenters. The van der Waals surface area contributed by atoms with Crippen LogP contribution in [0.3, 0.4) is 0 Å². The zero-order valence-corrected chi connectivity index (χ0v) is 17.2. The van der Waals surface area contributed by atoms with Gasteiger partial charge in [0.1, 0.15) is 12.4 Å². The Labute approximate surface area is 165 Å². The van der Waals surface area contributed by atoms with Gasteiger partial charge in [0.05, 0.1) is 0 Å². The monoisotopic (exact) mass is 483 g/mol. The van der Waals surface area contributed by atoms with E-state index in [9.17, 15) is 4.79 Å². The zero-order chi connectivity index (χ0) is 14.7. The zero-order valence-electron chi connectivity index (χ0n) is 11.2. The summed E-state index contributed by atoms with van der Waals surface area (Å²) in [6.45, 7) is 0.217. The maximum atomic E-state index is 11.9. The Morgan fingerprint density at radius 2 is 2.10 bits per heavy atom. The van der Waals surface area contributed by atoms with E-state index in [4.69, 9.17) is 11.2 Å². The molecule has 2 rings (SSSR count).